The summed E-state index contributed by atoms with van der Waals surface area (Å²) in [6, 6.07) is 3.37. The number of aliphatic hydroxyl groups is 1. The van der Waals surface area contributed by atoms with E-state index in [0.717, 1.165) is 65.8 Å². The van der Waals surface area contributed by atoms with Gasteiger partial charge in [-0.05, 0) is 12.1 Å². The maximum Gasteiger partial charge on any atom is 0.303 e. The molecule has 5 rings (SSSR count). The predicted octanol–water partition coefficient (Wildman–Crippen LogP) is 0.416. The predicted molar refractivity (Wildman–Crippen MR) is 201 cm³/mol. The first-order valence-corrected chi connectivity index (χ1v) is 18.6. The highest BCUT2D eigenvalue weighted by Crippen LogP contribution is 2.43. The molecule has 2 saturated heterocycles. The number of carbonyl (C=O) groups is 6. The van der Waals surface area contributed by atoms with Crippen LogP contribution in [0.15, 0.2) is 33.5 Å². The molecule has 0 unspecified atom stereocenters. The van der Waals surface area contributed by atoms with Gasteiger partial charge in [-0.25, -0.2) is 0 Å². The van der Waals surface area contributed by atoms with Crippen LogP contribution < -0.4 is 10.2 Å². The Hall–Kier alpha value is -6.89. The first kappa shape index (κ1) is 47.2. The van der Waals surface area contributed by atoms with Gasteiger partial charge >= 0.3 is 35.8 Å². The van der Waals surface area contributed by atoms with Crippen molar-refractivity contribution in [2.24, 2.45) is 0 Å². The van der Waals surface area contributed by atoms with Crippen molar-refractivity contribution >= 4 is 46.8 Å². The lowest BCUT2D eigenvalue weighted by Gasteiger charge is -2.48. The van der Waals surface area contributed by atoms with Gasteiger partial charge in [-0.2, -0.15) is 0 Å². The van der Waals surface area contributed by atoms with Crippen molar-refractivity contribution in [1.29, 1.82) is 0 Å². The minimum atomic E-state index is -2.24. The monoisotopic (exact) mass is 894 g/mol. The third kappa shape index (κ3) is 11.0. The van der Waals surface area contributed by atoms with E-state index in [1.54, 1.807) is 0 Å². The zero-order valence-electron chi connectivity index (χ0n) is 34.0. The van der Waals surface area contributed by atoms with E-state index >= 15 is 0 Å². The molecule has 24 heteroatoms. The van der Waals surface area contributed by atoms with Gasteiger partial charge in [-0.15, -0.1) is 0 Å². The number of esters is 6. The molecule has 0 radical (unpaired) electrons. The highest BCUT2D eigenvalue weighted by molar-refractivity contribution is 5.88. The van der Waals surface area contributed by atoms with Crippen molar-refractivity contribution in [2.75, 3.05) is 13.2 Å². The van der Waals surface area contributed by atoms with Crippen LogP contribution in [0.25, 0.3) is 22.3 Å². The number of phenols is 5. The molecule has 2 fully saturated rings. The second kappa shape index (κ2) is 19.4. The summed E-state index contributed by atoms with van der Waals surface area (Å²) < 4.78 is 62.0. The van der Waals surface area contributed by atoms with Gasteiger partial charge in [0.05, 0.1) is 0 Å². The molecule has 6 N–H and O–H groups in total. The number of ether oxygens (including phenoxy) is 10. The molecule has 63 heavy (non-hydrogen) atoms. The Morgan fingerprint density at radius 3 is 1.62 bits per heavy atom. The van der Waals surface area contributed by atoms with Crippen LogP contribution in [0.3, 0.4) is 0 Å². The average molecular weight is 895 g/mol. The highest BCUT2D eigenvalue weighted by Gasteiger charge is 2.57. The van der Waals surface area contributed by atoms with E-state index in [1.807, 2.05) is 0 Å². The van der Waals surface area contributed by atoms with Crippen LogP contribution >= 0.6 is 0 Å². The Kier molecular flexibility index (Phi) is 14.6. The number of aliphatic hydroxyl groups excluding tert-OH is 1. The standard InChI is InChI=1S/C39H42O24/c1-13(40)53-11-25-32(62-39-37(58-18(6)45)36(57-17(5)44)33(55-15(3)42)26(61-39)12-54-14(2)41)35(56-16(4)43)30(52)38(60-25)63-34-29(51)27-21(47)9-20(46)10-24(27)59-31(34)19-7-22(48)28(50)23(49)8-19/h7-10,25-26,30,32-33,35-39,46-50,52H,11-12H2,1-6H3/t25-,26-,30-,32-,33+,35-,36+,37-,38+,39+/m1/s1. The number of carbonyl (C=O) groups excluding carboxylic acids is 6. The number of hydrogen-bond acceptors (Lipinski definition) is 24. The molecule has 1 aromatic heterocycles. The van der Waals surface area contributed by atoms with Crippen LogP contribution in [0.4, 0.5) is 0 Å². The topological polar surface area (TPSA) is 346 Å². The summed E-state index contributed by atoms with van der Waals surface area (Å²) in [6.45, 7) is 4.40. The highest BCUT2D eigenvalue weighted by atomic mass is 16.8. The van der Waals surface area contributed by atoms with Crippen molar-refractivity contribution in [3.8, 4) is 45.8 Å². The molecule has 3 aromatic rings. The number of rotatable bonds is 13. The van der Waals surface area contributed by atoms with Gasteiger partial charge in [0.2, 0.25) is 17.5 Å². The fourth-order valence-electron chi connectivity index (χ4n) is 6.69. The van der Waals surface area contributed by atoms with Crippen LogP contribution in [-0.2, 0) is 71.4 Å². The van der Waals surface area contributed by atoms with Crippen molar-refractivity contribution in [3.05, 3.63) is 34.5 Å². The third-order valence-corrected chi connectivity index (χ3v) is 9.09. The second-order valence-corrected chi connectivity index (χ2v) is 14.0. The maximum absolute atomic E-state index is 14.1. The molecular formula is C39H42O24. The Bertz CT molecular complexity index is 2300. The number of hydrogen-bond donors (Lipinski definition) is 6. The first-order chi connectivity index (χ1) is 29.6. The van der Waals surface area contributed by atoms with E-state index in [4.69, 9.17) is 51.8 Å². The van der Waals surface area contributed by atoms with E-state index in [2.05, 4.69) is 0 Å². The van der Waals surface area contributed by atoms with Gasteiger partial charge in [-0.3, -0.25) is 33.6 Å². The third-order valence-electron chi connectivity index (χ3n) is 9.09. The summed E-state index contributed by atoms with van der Waals surface area (Å²) in [5.74, 6) is -11.5. The van der Waals surface area contributed by atoms with E-state index < -0.39 is 167 Å². The molecule has 0 aliphatic carbocycles. The summed E-state index contributed by atoms with van der Waals surface area (Å²) in [6.07, 6.45) is -18.7. The molecular weight excluding hydrogens is 852 g/mol. The van der Waals surface area contributed by atoms with Crippen molar-refractivity contribution in [1.82, 2.24) is 0 Å². The zero-order valence-corrected chi connectivity index (χ0v) is 34.0. The second-order valence-electron chi connectivity index (χ2n) is 14.0. The minimum Gasteiger partial charge on any atom is -0.508 e. The minimum absolute atomic E-state index is 0.359. The lowest BCUT2D eigenvalue weighted by Crippen LogP contribution is -2.67. The summed E-state index contributed by atoms with van der Waals surface area (Å²) in [4.78, 5) is 87.9. The zero-order chi connectivity index (χ0) is 46.6. The fourth-order valence-corrected chi connectivity index (χ4v) is 6.69. The molecule has 2 aliphatic rings. The Morgan fingerprint density at radius 1 is 0.587 bits per heavy atom. The molecule has 0 bridgehead atoms. The summed E-state index contributed by atoms with van der Waals surface area (Å²) in [7, 11) is 0. The lowest BCUT2D eigenvalue weighted by molar-refractivity contribution is -0.354. The van der Waals surface area contributed by atoms with Gasteiger partial charge < -0.3 is 82.4 Å². The molecule has 0 saturated carbocycles. The lowest BCUT2D eigenvalue weighted by atomic mass is 9.96. The quantitative estimate of drug-likeness (QED) is 0.0769. The summed E-state index contributed by atoms with van der Waals surface area (Å²) >= 11 is 0. The van der Waals surface area contributed by atoms with Gasteiger partial charge in [-0.1, -0.05) is 0 Å². The van der Waals surface area contributed by atoms with Gasteiger partial charge in [0.15, 0.2) is 59.8 Å². The van der Waals surface area contributed by atoms with E-state index in [0.29, 0.717) is 0 Å². The van der Waals surface area contributed by atoms with Crippen molar-refractivity contribution in [2.45, 2.75) is 103 Å². The van der Waals surface area contributed by atoms with Crippen LogP contribution in [-0.4, -0.2) is 141 Å². The number of phenolic OH excluding ortho intramolecular Hbond substituents is 5. The van der Waals surface area contributed by atoms with Gasteiger partial charge in [0, 0.05) is 59.2 Å². The number of aromatic hydroxyl groups is 5. The Labute approximate surface area is 354 Å². The van der Waals surface area contributed by atoms with Crippen molar-refractivity contribution < 1.29 is 111 Å². The van der Waals surface area contributed by atoms with Gasteiger partial charge in [0.1, 0.15) is 54.0 Å². The largest absolute Gasteiger partial charge is 0.508 e. The SMILES string of the molecule is CC(=O)OC[C@H]1O[C@@H](O[C@H]2[C@H](OC(C)=O)[C@@H](O)[C@H](Oc3c(-c4cc(O)c(O)c(O)c4)oc4cc(O)cc(O)c4c3=O)O[C@@H]2COC(C)=O)[C@H](OC(C)=O)[C@@H](OC(C)=O)[C@H]1OC(C)=O. The molecule has 0 amide bonds. The van der Waals surface area contributed by atoms with Crippen LogP contribution in [0.2, 0.25) is 0 Å². The number of benzene rings is 2. The summed E-state index contributed by atoms with van der Waals surface area (Å²) in [5.41, 5.74) is -2.02. The Balaban J connectivity index is 1.64. The molecule has 24 nitrogen and oxygen atoms in total. The Morgan fingerprint density at radius 2 is 1.08 bits per heavy atom. The van der Waals surface area contributed by atoms with E-state index in [1.165, 1.54) is 0 Å². The molecule has 342 valence electrons. The fraction of sp³-hybridized carbons (Fsp3) is 0.462. The molecule has 3 heterocycles. The molecule has 0 spiro atoms. The van der Waals surface area contributed by atoms with E-state index in [-0.39, 0.29) is 5.56 Å². The van der Waals surface area contributed by atoms with Crippen molar-refractivity contribution in [3.63, 3.8) is 0 Å². The number of fused-ring (bicyclic) bond motifs is 1. The van der Waals surface area contributed by atoms with Crippen LogP contribution in [0.5, 0.6) is 34.5 Å². The average Bonchev–Trinajstić information content (AvgIpc) is 3.16. The van der Waals surface area contributed by atoms with Gasteiger partial charge in [0.25, 0.3) is 0 Å². The summed E-state index contributed by atoms with van der Waals surface area (Å²) in [5, 5.41) is 62.7. The van der Waals surface area contributed by atoms with Crippen LogP contribution in [0.1, 0.15) is 41.5 Å². The smallest absolute Gasteiger partial charge is 0.303 e. The maximum atomic E-state index is 14.1. The van der Waals surface area contributed by atoms with E-state index in [9.17, 15) is 64.2 Å². The first-order valence-electron chi connectivity index (χ1n) is 18.6. The molecule has 2 aliphatic heterocycles. The van der Waals surface area contributed by atoms with Crippen LogP contribution in [0, 0.1) is 0 Å². The molecule has 2 aromatic carbocycles. The molecule has 10 atom stereocenters. The normalized spacial score (nSPS) is 25.6.